The molecule has 0 saturated carbocycles. The molecular weight excluding hydrogens is 813 g/mol. The number of aliphatic hydroxyl groups excluding tert-OH is 2. The maximum Gasteiger partial charge on any atom is 0.305 e. The Bertz CT molecular complexity index is 1060. The van der Waals surface area contributed by atoms with Gasteiger partial charge in [0.25, 0.3) is 0 Å². The Morgan fingerprint density at radius 3 is 0.970 bits per heavy atom. The van der Waals surface area contributed by atoms with Gasteiger partial charge in [0.05, 0.1) is 19.8 Å². The lowest BCUT2D eigenvalue weighted by molar-refractivity contribution is -0.143. The van der Waals surface area contributed by atoms with Gasteiger partial charge < -0.3 is 24.7 Å². The molecule has 0 atom stereocenters. The average Bonchev–Trinajstić information content (AvgIpc) is 3.32. The maximum atomic E-state index is 12.2. The number of hydrogen-bond donors (Lipinski definition) is 2. The van der Waals surface area contributed by atoms with E-state index in [9.17, 15) is 15.0 Å². The van der Waals surface area contributed by atoms with Crippen LogP contribution < -0.4 is 0 Å². The highest BCUT2D eigenvalue weighted by molar-refractivity contribution is 5.69. The van der Waals surface area contributed by atoms with Crippen LogP contribution in [-0.4, -0.2) is 85.1 Å². The summed E-state index contributed by atoms with van der Waals surface area (Å²) in [6, 6.07) is 0. The third-order valence-electron chi connectivity index (χ3n) is 13.2. The van der Waals surface area contributed by atoms with Crippen LogP contribution in [0.4, 0.5) is 0 Å². The van der Waals surface area contributed by atoms with Crippen LogP contribution >= 0.6 is 0 Å². The lowest BCUT2D eigenvalue weighted by atomic mass is 10.1. The van der Waals surface area contributed by atoms with Crippen molar-refractivity contribution in [2.24, 2.45) is 0 Å². The Morgan fingerprint density at radius 2 is 0.636 bits per heavy atom. The molecule has 0 amide bonds. The van der Waals surface area contributed by atoms with Crippen molar-refractivity contribution >= 4 is 5.97 Å². The van der Waals surface area contributed by atoms with E-state index >= 15 is 0 Å². The Kier molecular flexibility index (Phi) is 56.1. The first kappa shape index (κ1) is 64.3. The molecule has 6 nitrogen and oxygen atoms in total. The summed E-state index contributed by atoms with van der Waals surface area (Å²) in [6.45, 7) is 11.7. The van der Waals surface area contributed by atoms with E-state index in [-0.39, 0.29) is 19.2 Å². The van der Waals surface area contributed by atoms with Crippen molar-refractivity contribution in [3.8, 4) is 0 Å². The first-order valence-electron chi connectivity index (χ1n) is 29.1. The SMILES string of the molecule is CCCCC/C=C\C/C=C\CCCCCCCCN(CCO)CCCCCCCCCCOC(=O)CCCCCCCCCN(CCO)CCCCCCCC/C=C\C/C=C\CCCCC. The molecule has 6 heteroatoms. The molecule has 0 aliphatic heterocycles. The van der Waals surface area contributed by atoms with Crippen molar-refractivity contribution in [3.63, 3.8) is 0 Å². The Hall–Kier alpha value is -1.73. The molecule has 2 N–H and O–H groups in total. The molecule has 388 valence electrons. The van der Waals surface area contributed by atoms with Gasteiger partial charge in [-0.05, 0) is 129 Å². The van der Waals surface area contributed by atoms with Gasteiger partial charge in [0.2, 0.25) is 0 Å². The van der Waals surface area contributed by atoms with E-state index in [1.165, 1.54) is 212 Å². The number of carbonyl (C=O) groups is 1. The van der Waals surface area contributed by atoms with Crippen LogP contribution in [0, 0.1) is 0 Å². The second-order valence-electron chi connectivity index (χ2n) is 19.6. The maximum absolute atomic E-state index is 12.2. The molecule has 0 spiro atoms. The summed E-state index contributed by atoms with van der Waals surface area (Å²) in [7, 11) is 0. The summed E-state index contributed by atoms with van der Waals surface area (Å²) < 4.78 is 5.52. The monoisotopic (exact) mass is 927 g/mol. The van der Waals surface area contributed by atoms with Crippen LogP contribution in [0.2, 0.25) is 0 Å². The molecule has 0 aliphatic rings. The highest BCUT2D eigenvalue weighted by atomic mass is 16.5. The third kappa shape index (κ3) is 53.2. The number of hydrogen-bond acceptors (Lipinski definition) is 6. The molecule has 66 heavy (non-hydrogen) atoms. The topological polar surface area (TPSA) is 73.2 Å². The summed E-state index contributed by atoms with van der Waals surface area (Å²) in [5.74, 6) is -0.0139. The van der Waals surface area contributed by atoms with Crippen molar-refractivity contribution in [1.29, 1.82) is 0 Å². The fraction of sp³-hybridized carbons (Fsp3) is 0.850. The fourth-order valence-electron chi connectivity index (χ4n) is 8.85. The van der Waals surface area contributed by atoms with E-state index in [1.54, 1.807) is 0 Å². The number of esters is 1. The zero-order valence-electron chi connectivity index (χ0n) is 44.4. The van der Waals surface area contributed by atoms with Gasteiger partial charge in [0, 0.05) is 19.5 Å². The summed E-state index contributed by atoms with van der Waals surface area (Å²) in [6.07, 6.45) is 68.2. The third-order valence-corrected chi connectivity index (χ3v) is 13.2. The standard InChI is InChI=1S/C60H114N2O4/c1-3-5-7-9-11-13-15-17-19-21-23-25-27-33-39-45-51-61(55-57-63)53-47-41-35-29-30-37-43-49-59-66-60(65)50-44-38-32-31-36-42-48-54-62(56-58-64)52-46-40-34-28-26-24-22-20-18-16-14-12-10-8-6-4-2/h11-14,17-20,63-64H,3-10,15-16,21-59H2,1-2H3/b13-11-,14-12-,19-17-,20-18-. The Morgan fingerprint density at radius 1 is 0.348 bits per heavy atom. The molecule has 0 bridgehead atoms. The quantitative estimate of drug-likeness (QED) is 0.0360. The number of ether oxygens (including phenoxy) is 1. The van der Waals surface area contributed by atoms with Gasteiger partial charge in [0.15, 0.2) is 0 Å². The highest BCUT2D eigenvalue weighted by Gasteiger charge is 2.07. The van der Waals surface area contributed by atoms with E-state index in [2.05, 4.69) is 72.3 Å². The number of rotatable bonds is 55. The van der Waals surface area contributed by atoms with Crippen LogP contribution in [0.5, 0.6) is 0 Å². The molecule has 0 aromatic rings. The number of allylic oxidation sites excluding steroid dienone is 8. The van der Waals surface area contributed by atoms with Gasteiger partial charge in [-0.2, -0.15) is 0 Å². The van der Waals surface area contributed by atoms with Crippen LogP contribution in [-0.2, 0) is 9.53 Å². The van der Waals surface area contributed by atoms with Crippen molar-refractivity contribution in [1.82, 2.24) is 9.80 Å². The van der Waals surface area contributed by atoms with E-state index in [4.69, 9.17) is 4.74 Å². The van der Waals surface area contributed by atoms with Gasteiger partial charge in [-0.25, -0.2) is 0 Å². The second-order valence-corrected chi connectivity index (χ2v) is 19.6. The average molecular weight is 928 g/mol. The molecule has 0 fully saturated rings. The molecule has 0 unspecified atom stereocenters. The van der Waals surface area contributed by atoms with E-state index in [0.717, 1.165) is 77.8 Å². The van der Waals surface area contributed by atoms with Gasteiger partial charge in [-0.1, -0.05) is 210 Å². The van der Waals surface area contributed by atoms with Crippen LogP contribution in [0.3, 0.4) is 0 Å². The minimum atomic E-state index is -0.0139. The summed E-state index contributed by atoms with van der Waals surface area (Å²) >= 11 is 0. The number of carbonyl (C=O) groups excluding carboxylic acids is 1. The number of aliphatic hydroxyl groups is 2. The number of nitrogens with zero attached hydrogens (tertiary/aromatic N) is 2. The smallest absolute Gasteiger partial charge is 0.305 e. The zero-order valence-corrected chi connectivity index (χ0v) is 44.4. The first-order valence-corrected chi connectivity index (χ1v) is 29.1. The second kappa shape index (κ2) is 57.6. The minimum Gasteiger partial charge on any atom is -0.466 e. The Balaban J connectivity index is 3.56. The molecule has 0 rings (SSSR count). The first-order chi connectivity index (χ1) is 32.7. The van der Waals surface area contributed by atoms with Crippen molar-refractivity contribution in [3.05, 3.63) is 48.6 Å². The van der Waals surface area contributed by atoms with Crippen LogP contribution in [0.25, 0.3) is 0 Å². The van der Waals surface area contributed by atoms with E-state index in [0.29, 0.717) is 13.0 Å². The van der Waals surface area contributed by atoms with E-state index in [1.807, 2.05) is 0 Å². The van der Waals surface area contributed by atoms with Crippen molar-refractivity contribution < 1.29 is 19.7 Å². The molecule has 0 aromatic carbocycles. The summed E-state index contributed by atoms with van der Waals surface area (Å²) in [5, 5.41) is 19.1. The largest absolute Gasteiger partial charge is 0.466 e. The summed E-state index contributed by atoms with van der Waals surface area (Å²) in [4.78, 5) is 17.1. The van der Waals surface area contributed by atoms with Crippen LogP contribution in [0.1, 0.15) is 271 Å². The molecule has 0 radical (unpaired) electrons. The van der Waals surface area contributed by atoms with Gasteiger partial charge in [0.1, 0.15) is 0 Å². The molecule has 0 heterocycles. The Labute approximate surface area is 412 Å². The normalized spacial score (nSPS) is 12.3. The van der Waals surface area contributed by atoms with Gasteiger partial charge >= 0.3 is 5.97 Å². The molecule has 0 aromatic heterocycles. The van der Waals surface area contributed by atoms with Crippen molar-refractivity contribution in [2.45, 2.75) is 271 Å². The predicted molar refractivity (Wildman–Crippen MR) is 291 cm³/mol. The lowest BCUT2D eigenvalue weighted by Gasteiger charge is -2.21. The van der Waals surface area contributed by atoms with Gasteiger partial charge in [-0.15, -0.1) is 0 Å². The molecule has 0 saturated heterocycles. The number of unbranched alkanes of at least 4 members (excludes halogenated alkanes) is 31. The zero-order chi connectivity index (χ0) is 47.7. The molecule has 0 aliphatic carbocycles. The minimum absolute atomic E-state index is 0.0139. The highest BCUT2D eigenvalue weighted by Crippen LogP contribution is 2.14. The van der Waals surface area contributed by atoms with Crippen LogP contribution in [0.15, 0.2) is 48.6 Å². The lowest BCUT2D eigenvalue weighted by Crippen LogP contribution is -2.29. The fourth-order valence-corrected chi connectivity index (χ4v) is 8.85. The van der Waals surface area contributed by atoms with Gasteiger partial charge in [-0.3, -0.25) is 4.79 Å². The van der Waals surface area contributed by atoms with Crippen molar-refractivity contribution in [2.75, 3.05) is 59.1 Å². The molecular formula is C60H114N2O4. The predicted octanol–water partition coefficient (Wildman–Crippen LogP) is 17.0. The summed E-state index contributed by atoms with van der Waals surface area (Å²) in [5.41, 5.74) is 0. The van der Waals surface area contributed by atoms with E-state index < -0.39 is 0 Å².